The minimum absolute atomic E-state index is 0.194. The van der Waals surface area contributed by atoms with Crippen LogP contribution in [0.25, 0.3) is 22.0 Å². The van der Waals surface area contributed by atoms with Crippen LogP contribution < -0.4 is 10.3 Å². The summed E-state index contributed by atoms with van der Waals surface area (Å²) in [6, 6.07) is 22.4. The second-order valence-corrected chi connectivity index (χ2v) is 8.83. The molecule has 176 valence electrons. The highest BCUT2D eigenvalue weighted by molar-refractivity contribution is 6.31. The number of hydrogen-bond acceptors (Lipinski definition) is 4. The number of H-pyrrole nitrogens is 1. The lowest BCUT2D eigenvalue weighted by Crippen LogP contribution is -2.24. The molecule has 2 heterocycles. The quantitative estimate of drug-likeness (QED) is 0.380. The van der Waals surface area contributed by atoms with Crippen LogP contribution in [0.5, 0.6) is 5.75 Å². The summed E-state index contributed by atoms with van der Waals surface area (Å²) < 4.78 is 5.55. The molecule has 4 aromatic rings. The molecule has 1 N–H and O–H groups in total. The van der Waals surface area contributed by atoms with E-state index in [1.165, 1.54) is 11.9 Å². The number of hydrazone groups is 1. The van der Waals surface area contributed by atoms with Crippen LogP contribution in [-0.2, 0) is 4.79 Å². The highest BCUT2D eigenvalue weighted by Crippen LogP contribution is 2.37. The van der Waals surface area contributed by atoms with Gasteiger partial charge in [-0.05, 0) is 48.4 Å². The lowest BCUT2D eigenvalue weighted by molar-refractivity contribution is -0.130. The van der Waals surface area contributed by atoms with Crippen molar-refractivity contribution in [3.8, 4) is 16.9 Å². The van der Waals surface area contributed by atoms with Gasteiger partial charge in [0.25, 0.3) is 5.56 Å². The Kier molecular flexibility index (Phi) is 6.14. The number of aromatic nitrogens is 1. The molecule has 0 fully saturated rings. The molecular formula is C28H24ClN3O3. The molecule has 1 amide bonds. The SMILES string of the molecule is CCOc1ccc([C@H]2CC(c3c(-c4ccccc4)c4cc(Cl)ccc4[nH]c3=O)=NN2C(C)=O)cc1. The molecule has 6 nitrogen and oxygen atoms in total. The van der Waals surface area contributed by atoms with E-state index in [2.05, 4.69) is 10.1 Å². The zero-order chi connectivity index (χ0) is 24.5. The Morgan fingerprint density at radius 2 is 1.83 bits per heavy atom. The molecule has 35 heavy (non-hydrogen) atoms. The number of carbonyl (C=O) groups is 1. The van der Waals surface area contributed by atoms with Crippen LogP contribution in [0.4, 0.5) is 0 Å². The van der Waals surface area contributed by atoms with Crippen molar-refractivity contribution in [2.24, 2.45) is 5.10 Å². The van der Waals surface area contributed by atoms with Crippen molar-refractivity contribution in [2.75, 3.05) is 6.61 Å². The molecule has 1 atom stereocenters. The number of halogens is 1. The Balaban J connectivity index is 1.67. The van der Waals surface area contributed by atoms with Gasteiger partial charge in [-0.25, -0.2) is 5.01 Å². The van der Waals surface area contributed by atoms with Crippen LogP contribution in [0.1, 0.15) is 37.4 Å². The van der Waals surface area contributed by atoms with E-state index in [1.54, 1.807) is 12.1 Å². The maximum Gasteiger partial charge on any atom is 0.258 e. The van der Waals surface area contributed by atoms with Gasteiger partial charge in [-0.2, -0.15) is 5.10 Å². The molecule has 5 rings (SSSR count). The van der Waals surface area contributed by atoms with E-state index in [1.807, 2.05) is 67.6 Å². The van der Waals surface area contributed by atoms with Gasteiger partial charge in [-0.3, -0.25) is 9.59 Å². The maximum atomic E-state index is 13.4. The Morgan fingerprint density at radius 3 is 2.51 bits per heavy atom. The number of pyridine rings is 1. The van der Waals surface area contributed by atoms with E-state index in [0.717, 1.165) is 27.8 Å². The molecular weight excluding hydrogens is 462 g/mol. The summed E-state index contributed by atoms with van der Waals surface area (Å²) in [6.45, 7) is 3.99. The number of rotatable bonds is 5. The van der Waals surface area contributed by atoms with Crippen LogP contribution >= 0.6 is 11.6 Å². The second kappa shape index (κ2) is 9.39. The van der Waals surface area contributed by atoms with Gasteiger partial charge in [0.1, 0.15) is 5.75 Å². The van der Waals surface area contributed by atoms with Crippen molar-refractivity contribution in [3.05, 3.63) is 99.3 Å². The summed E-state index contributed by atoms with van der Waals surface area (Å²) in [5, 5.41) is 7.51. The van der Waals surface area contributed by atoms with Crippen molar-refractivity contribution >= 4 is 34.1 Å². The molecule has 7 heteroatoms. The first-order valence-corrected chi connectivity index (χ1v) is 11.9. The van der Waals surface area contributed by atoms with Gasteiger partial charge in [-0.15, -0.1) is 0 Å². The zero-order valence-corrected chi connectivity index (χ0v) is 20.2. The van der Waals surface area contributed by atoms with E-state index in [-0.39, 0.29) is 17.5 Å². The summed E-state index contributed by atoms with van der Waals surface area (Å²) in [5.74, 6) is 0.569. The van der Waals surface area contributed by atoms with Crippen LogP contribution in [0.3, 0.4) is 0 Å². The number of nitrogens with one attached hydrogen (secondary N) is 1. The molecule has 1 aliphatic heterocycles. The highest BCUT2D eigenvalue weighted by Gasteiger charge is 2.34. The Morgan fingerprint density at radius 1 is 1.09 bits per heavy atom. The van der Waals surface area contributed by atoms with E-state index >= 15 is 0 Å². The first-order valence-electron chi connectivity index (χ1n) is 11.5. The third-order valence-corrected chi connectivity index (χ3v) is 6.37. The van der Waals surface area contributed by atoms with Crippen molar-refractivity contribution < 1.29 is 9.53 Å². The van der Waals surface area contributed by atoms with Gasteiger partial charge in [0, 0.05) is 34.8 Å². The molecule has 0 saturated heterocycles. The Labute approximate surface area is 207 Å². The first kappa shape index (κ1) is 22.9. The van der Waals surface area contributed by atoms with E-state index < -0.39 is 0 Å². The van der Waals surface area contributed by atoms with Gasteiger partial charge < -0.3 is 9.72 Å². The highest BCUT2D eigenvalue weighted by atomic mass is 35.5. The third-order valence-electron chi connectivity index (χ3n) is 6.14. The number of fused-ring (bicyclic) bond motifs is 1. The Hall–Kier alpha value is -3.90. The molecule has 0 saturated carbocycles. The predicted molar refractivity (Wildman–Crippen MR) is 139 cm³/mol. The normalized spacial score (nSPS) is 15.3. The van der Waals surface area contributed by atoms with Crippen molar-refractivity contribution in [1.82, 2.24) is 9.99 Å². The fraction of sp³-hybridized carbons (Fsp3) is 0.179. The minimum Gasteiger partial charge on any atom is -0.494 e. The van der Waals surface area contributed by atoms with Crippen molar-refractivity contribution in [1.29, 1.82) is 0 Å². The molecule has 1 aliphatic rings. The number of ether oxygens (including phenoxy) is 1. The average Bonchev–Trinajstić information content (AvgIpc) is 3.30. The molecule has 0 aliphatic carbocycles. The fourth-order valence-corrected chi connectivity index (χ4v) is 4.78. The monoisotopic (exact) mass is 485 g/mol. The lowest BCUT2D eigenvalue weighted by atomic mass is 9.91. The number of hydrogen-bond donors (Lipinski definition) is 1. The van der Waals surface area contributed by atoms with Crippen LogP contribution in [0, 0.1) is 0 Å². The topological polar surface area (TPSA) is 74.8 Å². The standard InChI is InChI=1S/C28H24ClN3O3/c1-3-35-21-12-9-18(10-13-21)25-16-24(31-32(25)17(2)33)27-26(19-7-5-4-6-8-19)22-15-20(29)11-14-23(22)30-28(27)34/h4-15,25H,3,16H2,1-2H3,(H,30,34)/t25-/m1/s1. The number of nitrogens with zero attached hydrogens (tertiary/aromatic N) is 2. The molecule has 3 aromatic carbocycles. The van der Waals surface area contributed by atoms with Gasteiger partial charge in [0.2, 0.25) is 5.91 Å². The lowest BCUT2D eigenvalue weighted by Gasteiger charge is -2.20. The zero-order valence-electron chi connectivity index (χ0n) is 19.4. The van der Waals surface area contributed by atoms with Gasteiger partial charge in [0.05, 0.1) is 23.9 Å². The van der Waals surface area contributed by atoms with E-state index in [0.29, 0.717) is 34.8 Å². The van der Waals surface area contributed by atoms with Crippen molar-refractivity contribution in [3.63, 3.8) is 0 Å². The number of carbonyl (C=O) groups excluding carboxylic acids is 1. The van der Waals surface area contributed by atoms with Crippen LogP contribution in [0.2, 0.25) is 5.02 Å². The van der Waals surface area contributed by atoms with Crippen LogP contribution in [-0.4, -0.2) is 28.2 Å². The molecule has 1 aromatic heterocycles. The third kappa shape index (κ3) is 4.33. The number of amides is 1. The van der Waals surface area contributed by atoms with Gasteiger partial charge in [0.15, 0.2) is 0 Å². The van der Waals surface area contributed by atoms with E-state index in [4.69, 9.17) is 16.3 Å². The van der Waals surface area contributed by atoms with Crippen molar-refractivity contribution in [2.45, 2.75) is 26.3 Å². The molecule has 0 spiro atoms. The molecule has 0 radical (unpaired) electrons. The number of aromatic amines is 1. The summed E-state index contributed by atoms with van der Waals surface area (Å²) in [7, 11) is 0. The summed E-state index contributed by atoms with van der Waals surface area (Å²) in [5.41, 5.74) is 3.99. The second-order valence-electron chi connectivity index (χ2n) is 8.39. The van der Waals surface area contributed by atoms with Gasteiger partial charge in [-0.1, -0.05) is 54.1 Å². The largest absolute Gasteiger partial charge is 0.494 e. The Bertz CT molecular complexity index is 1490. The van der Waals surface area contributed by atoms with Gasteiger partial charge >= 0.3 is 0 Å². The minimum atomic E-state index is -0.323. The number of benzene rings is 3. The van der Waals surface area contributed by atoms with E-state index in [9.17, 15) is 9.59 Å². The molecule has 0 unspecified atom stereocenters. The predicted octanol–water partition coefficient (Wildman–Crippen LogP) is 5.94. The summed E-state index contributed by atoms with van der Waals surface area (Å²) in [6.07, 6.45) is 0.405. The maximum absolute atomic E-state index is 13.4. The fourth-order valence-electron chi connectivity index (χ4n) is 4.61. The smallest absolute Gasteiger partial charge is 0.258 e. The average molecular weight is 486 g/mol. The molecule has 0 bridgehead atoms. The first-order chi connectivity index (χ1) is 17.0. The summed E-state index contributed by atoms with van der Waals surface area (Å²) >= 11 is 6.35. The van der Waals surface area contributed by atoms with Crippen LogP contribution in [0.15, 0.2) is 82.7 Å². The summed E-state index contributed by atoms with van der Waals surface area (Å²) in [4.78, 5) is 29.0.